The van der Waals surface area contributed by atoms with Crippen molar-refractivity contribution in [1.29, 1.82) is 5.41 Å². The van der Waals surface area contributed by atoms with Gasteiger partial charge in [0.2, 0.25) is 0 Å². The van der Waals surface area contributed by atoms with E-state index in [-0.39, 0.29) is 0 Å². The van der Waals surface area contributed by atoms with Crippen molar-refractivity contribution in [2.75, 3.05) is 14.1 Å². The maximum Gasteiger partial charge on any atom is 0.0259 e. The summed E-state index contributed by atoms with van der Waals surface area (Å²) in [5, 5.41) is 7.73. The van der Waals surface area contributed by atoms with E-state index in [1.165, 1.54) is 22.9 Å². The molecular weight excluding hydrogens is 292 g/mol. The van der Waals surface area contributed by atoms with Gasteiger partial charge in [-0.1, -0.05) is 49.9 Å². The van der Waals surface area contributed by atoms with Gasteiger partial charge in [0.25, 0.3) is 0 Å². The second-order valence-electron chi connectivity index (χ2n) is 6.48. The van der Waals surface area contributed by atoms with Gasteiger partial charge in [-0.05, 0) is 54.0 Å². The van der Waals surface area contributed by atoms with Gasteiger partial charge in [0.05, 0.1) is 0 Å². The summed E-state index contributed by atoms with van der Waals surface area (Å²) in [6, 6.07) is 13.0. The van der Waals surface area contributed by atoms with E-state index >= 15 is 0 Å². The van der Waals surface area contributed by atoms with Crippen LogP contribution in [0.3, 0.4) is 0 Å². The average Bonchev–Trinajstić information content (AvgIpc) is 2.59. The van der Waals surface area contributed by atoms with E-state index in [4.69, 9.17) is 5.41 Å². The lowest BCUT2D eigenvalue weighted by molar-refractivity contribution is 0.489. The quantitative estimate of drug-likeness (QED) is 0.695. The maximum atomic E-state index is 7.73. The number of hydrogen-bond donors (Lipinski definition) is 1. The molecule has 0 saturated carbocycles. The number of aryl methyl sites for hydroxylation is 3. The van der Waals surface area contributed by atoms with E-state index in [0.717, 1.165) is 41.6 Å². The van der Waals surface area contributed by atoms with Crippen molar-refractivity contribution in [1.82, 2.24) is 4.90 Å². The average molecular weight is 320 g/mol. The Hall–Kier alpha value is -2.35. The first-order valence-corrected chi connectivity index (χ1v) is 8.55. The van der Waals surface area contributed by atoms with Gasteiger partial charge >= 0.3 is 0 Å². The minimum Gasteiger partial charge on any atom is -0.381 e. The second kappa shape index (κ2) is 7.96. The Kier molecular flexibility index (Phi) is 5.97. The lowest BCUT2D eigenvalue weighted by Gasteiger charge is -2.17. The highest BCUT2D eigenvalue weighted by molar-refractivity contribution is 5.90. The molecule has 1 N–H and O–H groups in total. The Morgan fingerprint density at radius 2 is 1.92 bits per heavy atom. The molecule has 0 saturated heterocycles. The molecular formula is C22H28N2. The van der Waals surface area contributed by atoms with E-state index in [2.05, 4.69) is 61.7 Å². The van der Waals surface area contributed by atoms with Crippen LogP contribution in [-0.2, 0) is 12.8 Å². The van der Waals surface area contributed by atoms with Crippen LogP contribution in [0.15, 0.2) is 48.7 Å². The molecule has 0 aliphatic rings. The van der Waals surface area contributed by atoms with Gasteiger partial charge in [0.15, 0.2) is 0 Å². The van der Waals surface area contributed by atoms with E-state index in [1.807, 2.05) is 14.1 Å². The van der Waals surface area contributed by atoms with Crippen LogP contribution in [0, 0.1) is 12.3 Å². The fourth-order valence-electron chi connectivity index (χ4n) is 2.99. The molecule has 0 aliphatic heterocycles. The zero-order valence-electron chi connectivity index (χ0n) is 15.3. The molecule has 0 spiro atoms. The predicted molar refractivity (Wildman–Crippen MR) is 105 cm³/mol. The lowest BCUT2D eigenvalue weighted by atomic mass is 9.92. The summed E-state index contributed by atoms with van der Waals surface area (Å²) in [6.45, 7) is 8.39. The molecule has 0 radical (unpaired) electrons. The van der Waals surface area contributed by atoms with Crippen molar-refractivity contribution >= 4 is 6.21 Å². The molecule has 0 aliphatic carbocycles. The van der Waals surface area contributed by atoms with Crippen molar-refractivity contribution in [2.24, 2.45) is 0 Å². The minimum absolute atomic E-state index is 0.982. The van der Waals surface area contributed by atoms with Crippen LogP contribution in [0.4, 0.5) is 0 Å². The van der Waals surface area contributed by atoms with E-state index in [0.29, 0.717) is 0 Å². The lowest BCUT2D eigenvalue weighted by Crippen LogP contribution is -2.10. The molecule has 126 valence electrons. The summed E-state index contributed by atoms with van der Waals surface area (Å²) in [5.41, 5.74) is 8.43. The first-order valence-electron chi connectivity index (χ1n) is 8.55. The number of nitrogens with one attached hydrogen (secondary N) is 1. The molecule has 24 heavy (non-hydrogen) atoms. The predicted octanol–water partition coefficient (Wildman–Crippen LogP) is 5.23. The van der Waals surface area contributed by atoms with Gasteiger partial charge in [-0.15, -0.1) is 0 Å². The van der Waals surface area contributed by atoms with Crippen LogP contribution in [-0.4, -0.2) is 25.2 Å². The van der Waals surface area contributed by atoms with Crippen molar-refractivity contribution < 1.29 is 0 Å². The van der Waals surface area contributed by atoms with Gasteiger partial charge in [0.1, 0.15) is 0 Å². The van der Waals surface area contributed by atoms with Gasteiger partial charge in [-0.25, -0.2) is 0 Å². The Morgan fingerprint density at radius 1 is 1.17 bits per heavy atom. The summed E-state index contributed by atoms with van der Waals surface area (Å²) in [7, 11) is 4.09. The Labute approximate surface area is 146 Å². The highest BCUT2D eigenvalue weighted by Crippen LogP contribution is 2.28. The fourth-order valence-corrected chi connectivity index (χ4v) is 2.99. The summed E-state index contributed by atoms with van der Waals surface area (Å²) >= 11 is 0. The van der Waals surface area contributed by atoms with Crippen LogP contribution in [0.2, 0.25) is 0 Å². The molecule has 2 heteroatoms. The molecule has 2 rings (SSSR count). The standard InChI is InChI=1S/C22H28N2/c1-6-18-14-20(21-9-7-8-16(2)22(21)15-23)13-12-19(18)11-10-17(3)24(4)5/h7-9,12-15,23H,3,6,10-11H2,1-2,4-5H3. The number of nitrogens with zero attached hydrogens (tertiary/aromatic N) is 1. The van der Waals surface area contributed by atoms with Crippen LogP contribution in [0.1, 0.15) is 35.6 Å². The van der Waals surface area contributed by atoms with Crippen molar-refractivity contribution in [3.63, 3.8) is 0 Å². The van der Waals surface area contributed by atoms with Crippen LogP contribution < -0.4 is 0 Å². The zero-order valence-corrected chi connectivity index (χ0v) is 15.3. The molecule has 2 nitrogen and oxygen atoms in total. The highest BCUT2D eigenvalue weighted by Gasteiger charge is 2.09. The molecule has 0 unspecified atom stereocenters. The number of rotatable bonds is 7. The number of allylic oxidation sites excluding steroid dienone is 1. The van der Waals surface area contributed by atoms with Crippen LogP contribution in [0.5, 0.6) is 0 Å². The maximum absolute atomic E-state index is 7.73. The van der Waals surface area contributed by atoms with E-state index < -0.39 is 0 Å². The third kappa shape index (κ3) is 3.94. The smallest absolute Gasteiger partial charge is 0.0259 e. The van der Waals surface area contributed by atoms with Gasteiger partial charge in [-0.2, -0.15) is 0 Å². The largest absolute Gasteiger partial charge is 0.381 e. The molecule has 0 fully saturated rings. The van der Waals surface area contributed by atoms with Crippen molar-refractivity contribution in [3.8, 4) is 11.1 Å². The molecule has 0 amide bonds. The summed E-state index contributed by atoms with van der Waals surface area (Å²) in [4.78, 5) is 2.09. The molecule has 0 atom stereocenters. The van der Waals surface area contributed by atoms with Crippen LogP contribution >= 0.6 is 0 Å². The SMILES string of the molecule is C=C(CCc1ccc(-c2cccc(C)c2C=N)cc1CC)N(C)C. The third-order valence-electron chi connectivity index (χ3n) is 4.68. The van der Waals surface area contributed by atoms with Gasteiger partial charge in [-0.3, -0.25) is 0 Å². The summed E-state index contributed by atoms with van der Waals surface area (Å²) in [6.07, 6.45) is 4.48. The Morgan fingerprint density at radius 3 is 2.54 bits per heavy atom. The first kappa shape index (κ1) is 18.0. The monoisotopic (exact) mass is 320 g/mol. The molecule has 0 bridgehead atoms. The van der Waals surface area contributed by atoms with Crippen LogP contribution in [0.25, 0.3) is 11.1 Å². The number of hydrogen-bond acceptors (Lipinski definition) is 2. The normalized spacial score (nSPS) is 10.5. The summed E-state index contributed by atoms with van der Waals surface area (Å²) in [5.74, 6) is 0. The van der Waals surface area contributed by atoms with Gasteiger partial charge < -0.3 is 10.3 Å². The Balaban J connectivity index is 2.34. The molecule has 0 aromatic heterocycles. The third-order valence-corrected chi connectivity index (χ3v) is 4.68. The first-order chi connectivity index (χ1) is 11.5. The zero-order chi connectivity index (χ0) is 17.7. The van der Waals surface area contributed by atoms with E-state index in [9.17, 15) is 0 Å². The molecule has 2 aromatic rings. The van der Waals surface area contributed by atoms with Gasteiger partial charge in [0, 0.05) is 31.6 Å². The fraction of sp³-hybridized carbons (Fsp3) is 0.318. The highest BCUT2D eigenvalue weighted by atomic mass is 15.1. The van der Waals surface area contributed by atoms with Crippen molar-refractivity contribution in [3.05, 3.63) is 70.9 Å². The molecule has 0 heterocycles. The molecule has 2 aromatic carbocycles. The van der Waals surface area contributed by atoms with Crippen molar-refractivity contribution in [2.45, 2.75) is 33.1 Å². The minimum atomic E-state index is 0.982. The summed E-state index contributed by atoms with van der Waals surface area (Å²) < 4.78 is 0. The van der Waals surface area contributed by atoms with E-state index in [1.54, 1.807) is 0 Å². The topological polar surface area (TPSA) is 27.1 Å². The second-order valence-corrected chi connectivity index (χ2v) is 6.48. The number of benzene rings is 2. The Bertz CT molecular complexity index is 742.